The van der Waals surface area contributed by atoms with Gasteiger partial charge in [-0.25, -0.2) is 0 Å². The molecule has 3 aliphatic rings. The molecule has 5 nitrogen and oxygen atoms in total. The van der Waals surface area contributed by atoms with Crippen molar-refractivity contribution in [3.05, 3.63) is 34.2 Å². The number of carbonyl (C=O) groups is 1. The number of nitrogens with one attached hydrogen (secondary N) is 2. The van der Waals surface area contributed by atoms with Crippen LogP contribution in [0.15, 0.2) is 23.1 Å². The van der Waals surface area contributed by atoms with E-state index in [0.717, 1.165) is 51.6 Å². The molecule has 4 rings (SSSR count). The molecule has 2 N–H and O–H groups in total. The first kappa shape index (κ1) is 16.8. The monoisotopic (exact) mass is 343 g/mol. The Morgan fingerprint density at radius 3 is 2.60 bits per heavy atom. The molecule has 4 heterocycles. The number of fused-ring (bicyclic) bond motifs is 2. The lowest BCUT2D eigenvalue weighted by Crippen LogP contribution is -2.52. The number of nitrogens with zero attached hydrogens (tertiary/aromatic N) is 1. The van der Waals surface area contributed by atoms with Gasteiger partial charge < -0.3 is 15.2 Å². The van der Waals surface area contributed by atoms with E-state index in [0.29, 0.717) is 23.9 Å². The van der Waals surface area contributed by atoms with Gasteiger partial charge in [-0.3, -0.25) is 9.59 Å². The summed E-state index contributed by atoms with van der Waals surface area (Å²) in [5, 5.41) is 3.66. The van der Waals surface area contributed by atoms with Crippen molar-refractivity contribution < 1.29 is 4.79 Å². The van der Waals surface area contributed by atoms with Gasteiger partial charge in [-0.05, 0) is 56.4 Å². The summed E-state index contributed by atoms with van der Waals surface area (Å²) in [5.74, 6) is 1.00. The van der Waals surface area contributed by atoms with Crippen LogP contribution in [0.1, 0.15) is 51.0 Å². The fourth-order valence-electron chi connectivity index (χ4n) is 5.33. The van der Waals surface area contributed by atoms with E-state index in [1.165, 1.54) is 12.0 Å². The highest BCUT2D eigenvalue weighted by atomic mass is 16.2. The highest BCUT2D eigenvalue weighted by Gasteiger charge is 2.55. The zero-order valence-corrected chi connectivity index (χ0v) is 15.1. The van der Waals surface area contributed by atoms with Gasteiger partial charge in [0.25, 0.3) is 0 Å². The second-order valence-electron chi connectivity index (χ2n) is 8.21. The first-order chi connectivity index (χ1) is 12.1. The van der Waals surface area contributed by atoms with Gasteiger partial charge in [0.15, 0.2) is 0 Å². The standard InChI is InChI=1S/C20H29N3O2/c1-2-20(12-16-4-5-17(20)22-16)19(25)23-9-7-14(8-10-23)11-15-3-6-18(24)21-13-15/h3,6,13-14,16-17,22H,2,4-5,7-12H2,1H3,(H,21,24)/t16-,17+,20+/m0/s1. The van der Waals surface area contributed by atoms with Crippen LogP contribution in [0.3, 0.4) is 0 Å². The van der Waals surface area contributed by atoms with Gasteiger partial charge in [0.05, 0.1) is 5.41 Å². The van der Waals surface area contributed by atoms with E-state index >= 15 is 0 Å². The van der Waals surface area contributed by atoms with Crippen LogP contribution >= 0.6 is 0 Å². The summed E-state index contributed by atoms with van der Waals surface area (Å²) < 4.78 is 0. The number of likely N-dealkylation sites (tertiary alicyclic amines) is 1. The highest BCUT2D eigenvalue weighted by Crippen LogP contribution is 2.47. The van der Waals surface area contributed by atoms with Gasteiger partial charge in [0, 0.05) is 37.4 Å². The Hall–Kier alpha value is -1.62. The highest BCUT2D eigenvalue weighted by molar-refractivity contribution is 5.84. The third-order valence-corrected chi connectivity index (χ3v) is 6.85. The van der Waals surface area contributed by atoms with Crippen molar-refractivity contribution in [2.24, 2.45) is 11.3 Å². The Morgan fingerprint density at radius 1 is 1.24 bits per heavy atom. The van der Waals surface area contributed by atoms with Crippen LogP contribution in [0.25, 0.3) is 0 Å². The number of amides is 1. The van der Waals surface area contributed by atoms with Crippen molar-refractivity contribution in [1.29, 1.82) is 0 Å². The quantitative estimate of drug-likeness (QED) is 0.880. The van der Waals surface area contributed by atoms with Crippen LogP contribution in [0, 0.1) is 11.3 Å². The molecule has 136 valence electrons. The maximum Gasteiger partial charge on any atom is 0.247 e. The molecule has 1 amide bonds. The smallest absolute Gasteiger partial charge is 0.247 e. The zero-order valence-electron chi connectivity index (χ0n) is 15.1. The number of hydrogen-bond acceptors (Lipinski definition) is 3. The van der Waals surface area contributed by atoms with Gasteiger partial charge in [0.1, 0.15) is 0 Å². The summed E-state index contributed by atoms with van der Waals surface area (Å²) in [4.78, 5) is 29.3. The topological polar surface area (TPSA) is 65.2 Å². The van der Waals surface area contributed by atoms with Crippen LogP contribution in [0.2, 0.25) is 0 Å². The van der Waals surface area contributed by atoms with Crippen LogP contribution < -0.4 is 10.9 Å². The van der Waals surface area contributed by atoms with Crippen molar-refractivity contribution in [1.82, 2.24) is 15.2 Å². The lowest BCUT2D eigenvalue weighted by molar-refractivity contribution is -0.145. The van der Waals surface area contributed by atoms with E-state index in [1.54, 1.807) is 6.07 Å². The van der Waals surface area contributed by atoms with Crippen molar-refractivity contribution in [2.75, 3.05) is 13.1 Å². The minimum absolute atomic E-state index is 0.0477. The van der Waals surface area contributed by atoms with Crippen LogP contribution in [-0.2, 0) is 11.2 Å². The van der Waals surface area contributed by atoms with E-state index in [-0.39, 0.29) is 11.0 Å². The molecule has 0 aliphatic carbocycles. The molecule has 1 aromatic heterocycles. The molecule has 3 aliphatic heterocycles. The summed E-state index contributed by atoms with van der Waals surface area (Å²) in [7, 11) is 0. The fourth-order valence-corrected chi connectivity index (χ4v) is 5.33. The third-order valence-electron chi connectivity index (χ3n) is 6.85. The van der Waals surface area contributed by atoms with Gasteiger partial charge >= 0.3 is 0 Å². The fraction of sp³-hybridized carbons (Fsp3) is 0.700. The number of hydrogen-bond donors (Lipinski definition) is 2. The van der Waals surface area contributed by atoms with Gasteiger partial charge in [0.2, 0.25) is 11.5 Å². The average Bonchev–Trinajstić information content (AvgIpc) is 3.25. The van der Waals surface area contributed by atoms with Crippen molar-refractivity contribution in [3.8, 4) is 0 Å². The normalized spacial score (nSPS) is 32.3. The molecule has 3 atom stereocenters. The number of piperidine rings is 1. The van der Waals surface area contributed by atoms with E-state index in [4.69, 9.17) is 0 Å². The maximum atomic E-state index is 13.3. The Labute approximate surface area is 149 Å². The molecular weight excluding hydrogens is 314 g/mol. The molecule has 0 radical (unpaired) electrons. The maximum absolute atomic E-state index is 13.3. The molecule has 5 heteroatoms. The Bertz CT molecular complexity index is 672. The molecule has 1 aromatic rings. The summed E-state index contributed by atoms with van der Waals surface area (Å²) in [6.07, 6.45) is 9.32. The van der Waals surface area contributed by atoms with E-state index < -0.39 is 0 Å². The van der Waals surface area contributed by atoms with Gasteiger partial charge in [-0.1, -0.05) is 13.0 Å². The molecule has 3 saturated heterocycles. The summed E-state index contributed by atoms with van der Waals surface area (Å²) in [6.45, 7) is 3.95. The molecule has 3 fully saturated rings. The molecule has 2 bridgehead atoms. The van der Waals surface area contributed by atoms with Crippen LogP contribution in [0.5, 0.6) is 0 Å². The first-order valence-electron chi connectivity index (χ1n) is 9.84. The van der Waals surface area contributed by atoms with Gasteiger partial charge in [-0.15, -0.1) is 0 Å². The van der Waals surface area contributed by atoms with E-state index in [1.807, 2.05) is 12.3 Å². The number of aromatic nitrogens is 1. The summed E-state index contributed by atoms with van der Waals surface area (Å²) >= 11 is 0. The van der Waals surface area contributed by atoms with Crippen LogP contribution in [0.4, 0.5) is 0 Å². The van der Waals surface area contributed by atoms with E-state index in [9.17, 15) is 9.59 Å². The Morgan fingerprint density at radius 2 is 2.04 bits per heavy atom. The lowest BCUT2D eigenvalue weighted by Gasteiger charge is -2.41. The average molecular weight is 343 g/mol. The number of rotatable bonds is 4. The second-order valence-corrected chi connectivity index (χ2v) is 8.21. The first-order valence-corrected chi connectivity index (χ1v) is 9.84. The number of pyridine rings is 1. The molecule has 0 unspecified atom stereocenters. The van der Waals surface area contributed by atoms with Gasteiger partial charge in [-0.2, -0.15) is 0 Å². The largest absolute Gasteiger partial charge is 0.342 e. The lowest BCUT2D eigenvalue weighted by atomic mass is 9.70. The second kappa shape index (κ2) is 6.60. The van der Waals surface area contributed by atoms with Crippen molar-refractivity contribution >= 4 is 5.91 Å². The molecule has 0 aromatic carbocycles. The minimum atomic E-state index is -0.144. The third kappa shape index (κ3) is 3.03. The number of carbonyl (C=O) groups excluding carboxylic acids is 1. The summed E-state index contributed by atoms with van der Waals surface area (Å²) in [6, 6.07) is 4.48. The Kier molecular flexibility index (Phi) is 4.44. The van der Waals surface area contributed by atoms with Crippen molar-refractivity contribution in [3.63, 3.8) is 0 Å². The van der Waals surface area contributed by atoms with E-state index in [2.05, 4.69) is 22.1 Å². The number of aromatic amines is 1. The molecular formula is C20H29N3O2. The predicted molar refractivity (Wildman–Crippen MR) is 97.4 cm³/mol. The SMILES string of the molecule is CC[C@@]1(C(=O)N2CCC(Cc3ccc(=O)[nH]c3)CC2)C[C@@H]2CC[C@H]1N2. The minimum Gasteiger partial charge on any atom is -0.342 e. The predicted octanol–water partition coefficient (Wildman–Crippen LogP) is 2.08. The molecule has 25 heavy (non-hydrogen) atoms. The van der Waals surface area contributed by atoms with Crippen molar-refractivity contribution in [2.45, 2.75) is 64.0 Å². The number of H-pyrrole nitrogens is 1. The van der Waals surface area contributed by atoms with Crippen LogP contribution in [-0.4, -0.2) is 41.0 Å². The summed E-state index contributed by atoms with van der Waals surface area (Å²) in [5.41, 5.74) is 0.995. The molecule has 0 spiro atoms. The Balaban J connectivity index is 1.36. The molecule has 0 saturated carbocycles. The zero-order chi connectivity index (χ0) is 17.4.